The lowest BCUT2D eigenvalue weighted by Gasteiger charge is -2.06. The van der Waals surface area contributed by atoms with Crippen LogP contribution in [0.4, 0.5) is 0 Å². The maximum absolute atomic E-state index is 11.1. The van der Waals surface area contributed by atoms with Crippen LogP contribution in [0.5, 0.6) is 5.88 Å². The Hall–Kier alpha value is -0.650. The van der Waals surface area contributed by atoms with Gasteiger partial charge in [0.05, 0.1) is 16.4 Å². The fraction of sp³-hybridized carbons (Fsp3) is 0.333. The minimum atomic E-state index is 0.0329. The summed E-state index contributed by atoms with van der Waals surface area (Å²) in [6.07, 6.45) is 0. The third-order valence-corrected chi connectivity index (χ3v) is 2.48. The van der Waals surface area contributed by atoms with Crippen molar-refractivity contribution in [2.75, 3.05) is 7.11 Å². The molecule has 0 bridgehead atoms. The summed E-state index contributed by atoms with van der Waals surface area (Å²) in [7, 11) is 1.57. The first kappa shape index (κ1) is 10.4. The molecular formula is C9H10INO2. The summed E-state index contributed by atoms with van der Waals surface area (Å²) in [5.41, 5.74) is 1.37. The van der Waals surface area contributed by atoms with Crippen molar-refractivity contribution in [3.63, 3.8) is 0 Å². The summed E-state index contributed by atoms with van der Waals surface area (Å²) < 4.78 is 5.89. The predicted octanol–water partition coefficient (Wildman–Crippen LogP) is 2.21. The standard InChI is InChI=1S/C9H10INO2/c1-5-7(6(2)12)4-8(10)9(11-5)13-3/h4H,1-3H3. The van der Waals surface area contributed by atoms with E-state index >= 15 is 0 Å². The molecule has 1 rings (SSSR count). The van der Waals surface area contributed by atoms with Crippen molar-refractivity contribution in [1.82, 2.24) is 4.98 Å². The van der Waals surface area contributed by atoms with Gasteiger partial charge >= 0.3 is 0 Å². The van der Waals surface area contributed by atoms with Gasteiger partial charge in [0.2, 0.25) is 5.88 Å². The molecule has 0 N–H and O–H groups in total. The van der Waals surface area contributed by atoms with E-state index in [1.54, 1.807) is 20.1 Å². The molecule has 0 unspecified atom stereocenters. The Labute approximate surface area is 90.6 Å². The molecule has 0 aliphatic heterocycles. The molecular weight excluding hydrogens is 281 g/mol. The third kappa shape index (κ3) is 2.18. The number of ether oxygens (including phenoxy) is 1. The zero-order valence-corrected chi connectivity index (χ0v) is 9.88. The molecule has 0 fully saturated rings. The topological polar surface area (TPSA) is 39.2 Å². The summed E-state index contributed by atoms with van der Waals surface area (Å²) in [4.78, 5) is 15.3. The maximum Gasteiger partial charge on any atom is 0.227 e. The fourth-order valence-electron chi connectivity index (χ4n) is 1.06. The lowest BCUT2D eigenvalue weighted by molar-refractivity contribution is 0.101. The number of hydrogen-bond acceptors (Lipinski definition) is 3. The second-order valence-electron chi connectivity index (χ2n) is 2.67. The number of rotatable bonds is 2. The number of nitrogens with zero attached hydrogens (tertiary/aromatic N) is 1. The molecule has 0 atom stereocenters. The lowest BCUT2D eigenvalue weighted by Crippen LogP contribution is -2.02. The molecule has 0 amide bonds. The normalized spacial score (nSPS) is 9.85. The Morgan fingerprint density at radius 2 is 2.23 bits per heavy atom. The molecule has 0 saturated heterocycles. The second-order valence-corrected chi connectivity index (χ2v) is 3.83. The number of Topliss-reactive ketones (excluding diaryl/α,β-unsaturated/α-hetero) is 1. The van der Waals surface area contributed by atoms with Crippen LogP contribution >= 0.6 is 22.6 Å². The van der Waals surface area contributed by atoms with Crippen LogP contribution in [-0.4, -0.2) is 17.9 Å². The average molecular weight is 291 g/mol. The van der Waals surface area contributed by atoms with E-state index in [2.05, 4.69) is 27.6 Å². The zero-order chi connectivity index (χ0) is 10.0. The van der Waals surface area contributed by atoms with Gasteiger partial charge in [-0.1, -0.05) is 0 Å². The molecule has 4 heteroatoms. The monoisotopic (exact) mass is 291 g/mol. The summed E-state index contributed by atoms with van der Waals surface area (Å²) in [6.45, 7) is 3.34. The van der Waals surface area contributed by atoms with E-state index in [9.17, 15) is 4.79 Å². The first-order chi connectivity index (χ1) is 6.06. The SMILES string of the molecule is COc1nc(C)c(C(C)=O)cc1I. The molecule has 0 spiro atoms. The Bertz CT molecular complexity index is 350. The predicted molar refractivity (Wildman–Crippen MR) is 58.2 cm³/mol. The highest BCUT2D eigenvalue weighted by molar-refractivity contribution is 14.1. The summed E-state index contributed by atoms with van der Waals surface area (Å²) in [5, 5.41) is 0. The quantitative estimate of drug-likeness (QED) is 0.619. The van der Waals surface area contributed by atoms with E-state index < -0.39 is 0 Å². The van der Waals surface area contributed by atoms with Crippen LogP contribution in [0.2, 0.25) is 0 Å². The first-order valence-electron chi connectivity index (χ1n) is 3.78. The molecule has 0 aliphatic carbocycles. The van der Waals surface area contributed by atoms with Crippen LogP contribution in [0.3, 0.4) is 0 Å². The molecule has 0 radical (unpaired) electrons. The Kier molecular flexibility index (Phi) is 3.24. The van der Waals surface area contributed by atoms with Crippen molar-refractivity contribution in [3.8, 4) is 5.88 Å². The highest BCUT2D eigenvalue weighted by atomic mass is 127. The largest absolute Gasteiger partial charge is 0.480 e. The van der Waals surface area contributed by atoms with Crippen LogP contribution in [-0.2, 0) is 0 Å². The first-order valence-corrected chi connectivity index (χ1v) is 4.86. The van der Waals surface area contributed by atoms with Crippen molar-refractivity contribution in [2.45, 2.75) is 13.8 Å². The van der Waals surface area contributed by atoms with Crippen molar-refractivity contribution >= 4 is 28.4 Å². The van der Waals surface area contributed by atoms with Gasteiger partial charge in [0.25, 0.3) is 0 Å². The van der Waals surface area contributed by atoms with Gasteiger partial charge in [-0.05, 0) is 42.5 Å². The average Bonchev–Trinajstić information content (AvgIpc) is 2.07. The molecule has 1 aromatic rings. The second kappa shape index (κ2) is 4.04. The van der Waals surface area contributed by atoms with Gasteiger partial charge in [0, 0.05) is 5.56 Å². The van der Waals surface area contributed by atoms with Gasteiger partial charge in [0.15, 0.2) is 5.78 Å². The van der Waals surface area contributed by atoms with Crippen molar-refractivity contribution in [3.05, 3.63) is 20.9 Å². The number of methoxy groups -OCH3 is 1. The lowest BCUT2D eigenvalue weighted by atomic mass is 10.1. The van der Waals surface area contributed by atoms with Crippen molar-refractivity contribution in [2.24, 2.45) is 0 Å². The summed E-state index contributed by atoms with van der Waals surface area (Å²) >= 11 is 2.10. The van der Waals surface area contributed by atoms with Crippen LogP contribution in [0, 0.1) is 10.5 Å². The Morgan fingerprint density at radius 1 is 1.62 bits per heavy atom. The minimum absolute atomic E-state index is 0.0329. The number of aryl methyl sites for hydroxylation is 1. The molecule has 3 nitrogen and oxygen atoms in total. The molecule has 13 heavy (non-hydrogen) atoms. The van der Waals surface area contributed by atoms with Gasteiger partial charge in [-0.3, -0.25) is 4.79 Å². The highest BCUT2D eigenvalue weighted by Gasteiger charge is 2.10. The van der Waals surface area contributed by atoms with Crippen LogP contribution < -0.4 is 4.74 Å². The van der Waals surface area contributed by atoms with E-state index in [0.717, 1.165) is 3.57 Å². The Morgan fingerprint density at radius 3 is 2.69 bits per heavy atom. The number of aromatic nitrogens is 1. The highest BCUT2D eigenvalue weighted by Crippen LogP contribution is 2.21. The smallest absolute Gasteiger partial charge is 0.227 e. The number of carbonyl (C=O) groups excluding carboxylic acids is 1. The zero-order valence-electron chi connectivity index (χ0n) is 7.72. The molecule has 1 aromatic heterocycles. The van der Waals surface area contributed by atoms with E-state index in [1.165, 1.54) is 6.92 Å². The van der Waals surface area contributed by atoms with E-state index in [0.29, 0.717) is 17.1 Å². The van der Waals surface area contributed by atoms with Gasteiger partial charge in [-0.15, -0.1) is 0 Å². The van der Waals surface area contributed by atoms with Crippen molar-refractivity contribution in [1.29, 1.82) is 0 Å². The molecule has 0 aromatic carbocycles. The number of pyridine rings is 1. The number of ketones is 1. The van der Waals surface area contributed by atoms with Gasteiger partial charge < -0.3 is 4.74 Å². The number of hydrogen-bond donors (Lipinski definition) is 0. The van der Waals surface area contributed by atoms with Crippen LogP contribution in [0.1, 0.15) is 23.0 Å². The minimum Gasteiger partial charge on any atom is -0.480 e. The van der Waals surface area contributed by atoms with Crippen LogP contribution in [0.15, 0.2) is 6.07 Å². The van der Waals surface area contributed by atoms with E-state index in [-0.39, 0.29) is 5.78 Å². The van der Waals surface area contributed by atoms with Crippen molar-refractivity contribution < 1.29 is 9.53 Å². The third-order valence-electron chi connectivity index (χ3n) is 1.71. The molecule has 1 heterocycles. The van der Waals surface area contributed by atoms with Gasteiger partial charge in [0.1, 0.15) is 0 Å². The fourth-order valence-corrected chi connectivity index (χ4v) is 1.71. The maximum atomic E-state index is 11.1. The van der Waals surface area contributed by atoms with E-state index in [4.69, 9.17) is 4.74 Å². The molecule has 70 valence electrons. The van der Waals surface area contributed by atoms with Gasteiger partial charge in [-0.2, -0.15) is 0 Å². The van der Waals surface area contributed by atoms with E-state index in [1.807, 2.05) is 0 Å². The van der Waals surface area contributed by atoms with Crippen LogP contribution in [0.25, 0.3) is 0 Å². The Balaban J connectivity index is 3.28. The van der Waals surface area contributed by atoms with Gasteiger partial charge in [-0.25, -0.2) is 4.98 Å². The summed E-state index contributed by atoms with van der Waals surface area (Å²) in [6, 6.07) is 1.80. The summed E-state index contributed by atoms with van der Waals surface area (Å²) in [5.74, 6) is 0.605. The molecule has 0 aliphatic rings. The number of halogens is 1. The number of carbonyl (C=O) groups is 1. The molecule has 0 saturated carbocycles.